The second kappa shape index (κ2) is 6.30. The van der Waals surface area contributed by atoms with E-state index < -0.39 is 21.4 Å². The third-order valence-corrected chi connectivity index (χ3v) is 7.80. The predicted octanol–water partition coefficient (Wildman–Crippen LogP) is 3.53. The Labute approximate surface area is 164 Å². The lowest BCUT2D eigenvalue weighted by molar-refractivity contribution is 0.0519. The van der Waals surface area contributed by atoms with Crippen LogP contribution in [0.25, 0.3) is 0 Å². The van der Waals surface area contributed by atoms with Crippen LogP contribution in [0, 0.1) is 13.8 Å². The van der Waals surface area contributed by atoms with Crippen LogP contribution in [-0.4, -0.2) is 30.7 Å². The molecule has 0 bridgehead atoms. The van der Waals surface area contributed by atoms with Gasteiger partial charge in [-0.25, -0.2) is 17.2 Å². The van der Waals surface area contributed by atoms with Gasteiger partial charge in [-0.05, 0) is 45.7 Å². The van der Waals surface area contributed by atoms with Crippen LogP contribution in [0.4, 0.5) is 0 Å². The Morgan fingerprint density at radius 1 is 1.18 bits per heavy atom. The van der Waals surface area contributed by atoms with Crippen LogP contribution in [0.3, 0.4) is 0 Å². The van der Waals surface area contributed by atoms with E-state index in [1.807, 2.05) is 6.92 Å². The number of hydrogen-bond donors (Lipinski definition) is 0. The number of aromatic nitrogens is 1. The number of ketones is 1. The summed E-state index contributed by atoms with van der Waals surface area (Å²) in [6.07, 6.45) is 2.79. The third kappa shape index (κ3) is 2.49. The molecular weight excluding hydrogens is 378 g/mol. The van der Waals surface area contributed by atoms with Gasteiger partial charge in [-0.15, -0.1) is 0 Å². The summed E-state index contributed by atoms with van der Waals surface area (Å²) in [6, 6.07) is 6.49. The first-order chi connectivity index (χ1) is 13.2. The minimum Gasteiger partial charge on any atom is -0.462 e. The summed E-state index contributed by atoms with van der Waals surface area (Å²) in [7, 11) is -4.02. The summed E-state index contributed by atoms with van der Waals surface area (Å²) < 4.78 is 33.2. The molecule has 1 spiro atoms. The van der Waals surface area contributed by atoms with Crippen LogP contribution < -0.4 is 0 Å². The van der Waals surface area contributed by atoms with Crippen LogP contribution in [0.5, 0.6) is 0 Å². The number of rotatable bonds is 4. The first kappa shape index (κ1) is 18.9. The summed E-state index contributed by atoms with van der Waals surface area (Å²) in [5.74, 6) is -0.779. The van der Waals surface area contributed by atoms with Gasteiger partial charge in [-0.1, -0.05) is 24.1 Å². The highest BCUT2D eigenvalue weighted by Gasteiger charge is 2.54. The molecule has 4 rings (SSSR count). The minimum absolute atomic E-state index is 0.0942. The van der Waals surface area contributed by atoms with Gasteiger partial charge in [-0.3, -0.25) is 4.79 Å². The van der Waals surface area contributed by atoms with Gasteiger partial charge in [0.1, 0.15) is 5.69 Å². The number of hydrogen-bond acceptors (Lipinski definition) is 5. The average molecular weight is 401 g/mol. The number of ether oxygens (including phenoxy) is 1. The number of carbonyl (C=O) groups excluding carboxylic acids is 2. The molecule has 1 aromatic carbocycles. The Bertz CT molecular complexity index is 1090. The average Bonchev–Trinajstić information content (AvgIpc) is 3.07. The standard InChI is InChI=1S/C21H23NO5S/c1-4-27-20(24)17-14(3)22(28(25,26)15-8-6-13(2)7-9-15)19-16(23)12-21(18(17)19)10-5-11-21/h6-9H,4-5,10-12H2,1-3H3. The Morgan fingerprint density at radius 3 is 2.36 bits per heavy atom. The van der Waals surface area contributed by atoms with E-state index in [1.54, 1.807) is 26.0 Å². The fourth-order valence-corrected chi connectivity index (χ4v) is 6.09. The lowest BCUT2D eigenvalue weighted by Gasteiger charge is -2.38. The number of carbonyl (C=O) groups is 2. The molecule has 0 unspecified atom stereocenters. The summed E-state index contributed by atoms with van der Waals surface area (Å²) in [6.45, 7) is 5.34. The zero-order valence-corrected chi connectivity index (χ0v) is 17.1. The van der Waals surface area contributed by atoms with Crippen molar-refractivity contribution in [3.8, 4) is 0 Å². The number of esters is 1. The first-order valence-corrected chi connectivity index (χ1v) is 11.0. The molecule has 0 atom stereocenters. The normalized spacial score (nSPS) is 17.5. The zero-order chi connectivity index (χ0) is 20.3. The molecule has 0 saturated heterocycles. The van der Waals surface area contributed by atoms with Gasteiger partial charge < -0.3 is 4.74 Å². The molecule has 2 aliphatic carbocycles. The highest BCUT2D eigenvalue weighted by Crippen LogP contribution is 2.55. The van der Waals surface area contributed by atoms with Crippen LogP contribution >= 0.6 is 0 Å². The molecule has 1 heterocycles. The Hall–Kier alpha value is -2.41. The smallest absolute Gasteiger partial charge is 0.340 e. The van der Waals surface area contributed by atoms with Gasteiger partial charge in [0.05, 0.1) is 17.1 Å². The zero-order valence-electron chi connectivity index (χ0n) is 16.2. The second-order valence-corrected chi connectivity index (χ2v) is 9.51. The Morgan fingerprint density at radius 2 is 1.82 bits per heavy atom. The second-order valence-electron chi connectivity index (χ2n) is 7.72. The maximum absolute atomic E-state index is 13.4. The van der Waals surface area contributed by atoms with Gasteiger partial charge in [0.2, 0.25) is 0 Å². The van der Waals surface area contributed by atoms with E-state index in [4.69, 9.17) is 4.74 Å². The molecule has 1 aromatic heterocycles. The summed E-state index contributed by atoms with van der Waals surface area (Å²) in [5.41, 5.74) is 1.73. The summed E-state index contributed by atoms with van der Waals surface area (Å²) in [5, 5.41) is 0. The van der Waals surface area contributed by atoms with Gasteiger partial charge in [0, 0.05) is 23.1 Å². The quantitative estimate of drug-likeness (QED) is 0.732. The van der Waals surface area contributed by atoms with Crippen LogP contribution in [0.1, 0.15) is 70.3 Å². The lowest BCUT2D eigenvalue weighted by atomic mass is 9.64. The van der Waals surface area contributed by atoms with Gasteiger partial charge in [0.15, 0.2) is 5.78 Å². The molecule has 2 aliphatic rings. The molecule has 0 N–H and O–H groups in total. The largest absolute Gasteiger partial charge is 0.462 e. The molecule has 2 aromatic rings. The van der Waals surface area contributed by atoms with E-state index in [0.717, 1.165) is 28.8 Å². The van der Waals surface area contributed by atoms with Crippen molar-refractivity contribution in [1.29, 1.82) is 0 Å². The van der Waals surface area contributed by atoms with Crippen molar-refractivity contribution in [2.75, 3.05) is 6.61 Å². The van der Waals surface area contributed by atoms with E-state index in [2.05, 4.69) is 0 Å². The van der Waals surface area contributed by atoms with E-state index in [9.17, 15) is 18.0 Å². The molecule has 7 heteroatoms. The molecule has 0 aliphatic heterocycles. The summed E-state index contributed by atoms with van der Waals surface area (Å²) in [4.78, 5) is 25.8. The van der Waals surface area contributed by atoms with E-state index >= 15 is 0 Å². The summed E-state index contributed by atoms with van der Waals surface area (Å²) >= 11 is 0. The van der Waals surface area contributed by atoms with Crippen LogP contribution in [0.15, 0.2) is 29.2 Å². The molecule has 1 saturated carbocycles. The highest BCUT2D eigenvalue weighted by atomic mass is 32.2. The van der Waals surface area contributed by atoms with Crippen molar-refractivity contribution >= 4 is 21.8 Å². The predicted molar refractivity (Wildman–Crippen MR) is 103 cm³/mol. The number of aryl methyl sites for hydroxylation is 1. The fourth-order valence-electron chi connectivity index (χ4n) is 4.52. The monoisotopic (exact) mass is 401 g/mol. The van der Waals surface area contributed by atoms with E-state index in [-0.39, 0.29) is 40.7 Å². The van der Waals surface area contributed by atoms with Crippen LogP contribution in [-0.2, 0) is 20.2 Å². The van der Waals surface area contributed by atoms with E-state index in [1.165, 1.54) is 12.1 Å². The third-order valence-electron chi connectivity index (χ3n) is 6.00. The minimum atomic E-state index is -4.02. The number of nitrogens with zero attached hydrogens (tertiary/aromatic N) is 1. The molecule has 28 heavy (non-hydrogen) atoms. The molecule has 0 amide bonds. The van der Waals surface area contributed by atoms with Gasteiger partial charge in [0.25, 0.3) is 10.0 Å². The molecular formula is C21H23NO5S. The van der Waals surface area contributed by atoms with Crippen molar-refractivity contribution in [1.82, 2.24) is 3.97 Å². The van der Waals surface area contributed by atoms with Gasteiger partial charge >= 0.3 is 5.97 Å². The fraction of sp³-hybridized carbons (Fsp3) is 0.429. The Kier molecular flexibility index (Phi) is 4.26. The van der Waals surface area contributed by atoms with Crippen molar-refractivity contribution in [3.05, 3.63) is 52.3 Å². The SMILES string of the molecule is CCOC(=O)c1c2c(n(S(=O)(=O)c3ccc(C)cc3)c1C)C(=O)CC21CCC1. The van der Waals surface area contributed by atoms with Crippen LogP contribution in [0.2, 0.25) is 0 Å². The van der Waals surface area contributed by atoms with Crippen molar-refractivity contribution in [2.24, 2.45) is 0 Å². The topological polar surface area (TPSA) is 82.4 Å². The van der Waals surface area contributed by atoms with Gasteiger partial charge in [-0.2, -0.15) is 0 Å². The first-order valence-electron chi connectivity index (χ1n) is 9.51. The van der Waals surface area contributed by atoms with Crippen molar-refractivity contribution in [2.45, 2.75) is 56.8 Å². The van der Waals surface area contributed by atoms with Crippen molar-refractivity contribution in [3.63, 3.8) is 0 Å². The molecule has 1 fully saturated rings. The number of benzene rings is 1. The molecule has 148 valence electrons. The number of Topliss-reactive ketones (excluding diaryl/α,β-unsaturated/α-hetero) is 1. The highest BCUT2D eigenvalue weighted by molar-refractivity contribution is 7.90. The maximum Gasteiger partial charge on any atom is 0.340 e. The number of fused-ring (bicyclic) bond motifs is 2. The van der Waals surface area contributed by atoms with Crippen molar-refractivity contribution < 1.29 is 22.7 Å². The van der Waals surface area contributed by atoms with E-state index in [0.29, 0.717) is 5.56 Å². The Balaban J connectivity index is 2.01. The maximum atomic E-state index is 13.4. The lowest BCUT2D eigenvalue weighted by Crippen LogP contribution is -2.33. The molecule has 6 nitrogen and oxygen atoms in total. The molecule has 0 radical (unpaired) electrons.